The highest BCUT2D eigenvalue weighted by Crippen LogP contribution is 2.11. The summed E-state index contributed by atoms with van der Waals surface area (Å²) >= 11 is 11.0. The number of ether oxygens (including phenoxy) is 2. The van der Waals surface area contributed by atoms with Crippen molar-refractivity contribution in [3.05, 3.63) is 0 Å². The fourth-order valence-corrected chi connectivity index (χ4v) is 0.747. The van der Waals surface area contributed by atoms with Gasteiger partial charge in [0, 0.05) is 0 Å². The van der Waals surface area contributed by atoms with Gasteiger partial charge in [0.05, 0.1) is 13.2 Å². The lowest BCUT2D eigenvalue weighted by Gasteiger charge is -2.21. The van der Waals surface area contributed by atoms with Crippen molar-refractivity contribution in [2.75, 3.05) is 13.2 Å². The number of alkyl halides is 2. The van der Waals surface area contributed by atoms with Gasteiger partial charge in [0.25, 0.3) is 0 Å². The molecule has 0 saturated carbocycles. The predicted octanol–water partition coefficient (Wildman–Crippen LogP) is 1.16. The minimum Gasteiger partial charge on any atom is -0.356 e. The van der Waals surface area contributed by atoms with E-state index in [2.05, 4.69) is 0 Å². The summed E-state index contributed by atoms with van der Waals surface area (Å²) in [6.45, 7) is 0.769. The third-order valence-electron chi connectivity index (χ3n) is 0.816. The van der Waals surface area contributed by atoms with E-state index < -0.39 is 0 Å². The Bertz CT molecular complexity index is 60.4. The summed E-state index contributed by atoms with van der Waals surface area (Å²) in [5.74, 6) is 0. The smallest absolute Gasteiger partial charge is 0.154 e. The first-order valence-corrected chi connectivity index (χ1v) is 3.17. The summed E-state index contributed by atoms with van der Waals surface area (Å²) in [4.78, 5) is 0. The fourth-order valence-electron chi connectivity index (χ4n) is 0.456. The molecule has 0 aromatic rings. The number of halogens is 2. The normalized spacial score (nSPS) is 39.8. The lowest BCUT2D eigenvalue weighted by atomic mass is 10.6. The van der Waals surface area contributed by atoms with Gasteiger partial charge in [-0.05, 0) is 0 Å². The molecule has 1 rings (SSSR count). The molecule has 1 heterocycles. The average Bonchev–Trinajstić information content (AvgIpc) is 1.77. The van der Waals surface area contributed by atoms with Crippen LogP contribution in [-0.2, 0) is 9.47 Å². The maximum Gasteiger partial charge on any atom is 0.154 e. The zero-order chi connectivity index (χ0) is 5.98. The Labute approximate surface area is 57.7 Å². The topological polar surface area (TPSA) is 18.5 Å². The average molecular weight is 157 g/mol. The highest BCUT2D eigenvalue weighted by molar-refractivity contribution is 6.21. The van der Waals surface area contributed by atoms with Gasteiger partial charge in [-0.2, -0.15) is 0 Å². The zero-order valence-electron chi connectivity index (χ0n) is 4.14. The molecule has 0 aliphatic carbocycles. The molecule has 1 aliphatic rings. The molecule has 8 heavy (non-hydrogen) atoms. The molecule has 48 valence electrons. The summed E-state index contributed by atoms with van der Waals surface area (Å²) in [6, 6.07) is 0. The molecular formula is C4H6Cl2O2. The monoisotopic (exact) mass is 156 g/mol. The first-order chi connectivity index (χ1) is 3.79. The molecule has 4 heteroatoms. The number of hydrogen-bond acceptors (Lipinski definition) is 2. The summed E-state index contributed by atoms with van der Waals surface area (Å²) < 4.78 is 9.80. The van der Waals surface area contributed by atoms with E-state index >= 15 is 0 Å². The van der Waals surface area contributed by atoms with Crippen molar-refractivity contribution >= 4 is 23.2 Å². The summed E-state index contributed by atoms with van der Waals surface area (Å²) in [7, 11) is 0. The predicted molar refractivity (Wildman–Crippen MR) is 31.2 cm³/mol. The number of hydrogen-bond donors (Lipinski definition) is 0. The third kappa shape index (κ3) is 1.78. The second-order valence-corrected chi connectivity index (χ2v) is 2.46. The Morgan fingerprint density at radius 2 is 1.38 bits per heavy atom. The van der Waals surface area contributed by atoms with Crippen LogP contribution in [0.2, 0.25) is 0 Å². The van der Waals surface area contributed by atoms with E-state index in [0.29, 0.717) is 13.2 Å². The first kappa shape index (κ1) is 6.62. The van der Waals surface area contributed by atoms with Crippen LogP contribution in [0.25, 0.3) is 0 Å². The van der Waals surface area contributed by atoms with E-state index in [4.69, 9.17) is 32.7 Å². The van der Waals surface area contributed by atoms with Crippen molar-refractivity contribution < 1.29 is 9.47 Å². The summed E-state index contributed by atoms with van der Waals surface area (Å²) in [6.07, 6.45) is 0. The second-order valence-electron chi connectivity index (χ2n) is 1.49. The van der Waals surface area contributed by atoms with Gasteiger partial charge >= 0.3 is 0 Å². The van der Waals surface area contributed by atoms with Crippen molar-refractivity contribution in [2.24, 2.45) is 0 Å². The highest BCUT2D eigenvalue weighted by atomic mass is 35.5. The van der Waals surface area contributed by atoms with E-state index in [9.17, 15) is 0 Å². The molecule has 0 bridgehead atoms. The van der Waals surface area contributed by atoms with Crippen LogP contribution >= 0.6 is 23.2 Å². The van der Waals surface area contributed by atoms with Crippen LogP contribution in [-0.4, -0.2) is 24.3 Å². The van der Waals surface area contributed by atoms with Crippen LogP contribution in [0.4, 0.5) is 0 Å². The van der Waals surface area contributed by atoms with Crippen LogP contribution in [0.15, 0.2) is 0 Å². The minimum atomic E-state index is -0.315. The molecule has 2 nitrogen and oxygen atoms in total. The van der Waals surface area contributed by atoms with E-state index in [-0.39, 0.29) is 11.1 Å². The zero-order valence-corrected chi connectivity index (χ0v) is 5.65. The van der Waals surface area contributed by atoms with Crippen LogP contribution in [0.3, 0.4) is 0 Å². The fraction of sp³-hybridized carbons (Fsp3) is 1.00. The van der Waals surface area contributed by atoms with E-state index in [1.807, 2.05) is 0 Å². The second kappa shape index (κ2) is 2.87. The van der Waals surface area contributed by atoms with Gasteiger partial charge in [-0.3, -0.25) is 0 Å². The molecule has 0 N–H and O–H groups in total. The van der Waals surface area contributed by atoms with E-state index in [1.54, 1.807) is 0 Å². The SMILES string of the molecule is ClC1COC(Cl)CO1. The Hall–Kier alpha value is 0.500. The van der Waals surface area contributed by atoms with Crippen molar-refractivity contribution in [1.82, 2.24) is 0 Å². The molecule has 0 spiro atoms. The van der Waals surface area contributed by atoms with Gasteiger partial charge in [-0.25, -0.2) is 0 Å². The molecular weight excluding hydrogens is 151 g/mol. The first-order valence-electron chi connectivity index (χ1n) is 2.30. The summed E-state index contributed by atoms with van der Waals surface area (Å²) in [5, 5.41) is 0. The van der Waals surface area contributed by atoms with Gasteiger partial charge in [0.1, 0.15) is 0 Å². The van der Waals surface area contributed by atoms with E-state index in [1.165, 1.54) is 0 Å². The van der Waals surface area contributed by atoms with Gasteiger partial charge in [-0.1, -0.05) is 23.2 Å². The van der Waals surface area contributed by atoms with Crippen LogP contribution in [0.1, 0.15) is 0 Å². The van der Waals surface area contributed by atoms with Crippen molar-refractivity contribution in [1.29, 1.82) is 0 Å². The Balaban J connectivity index is 2.19. The van der Waals surface area contributed by atoms with Crippen LogP contribution in [0, 0.1) is 0 Å². The lowest BCUT2D eigenvalue weighted by Crippen LogP contribution is -2.28. The van der Waals surface area contributed by atoms with Crippen LogP contribution < -0.4 is 0 Å². The lowest BCUT2D eigenvalue weighted by molar-refractivity contribution is -0.0717. The molecule has 1 aliphatic heterocycles. The molecule has 1 saturated heterocycles. The molecule has 0 amide bonds. The maximum atomic E-state index is 5.48. The molecule has 2 atom stereocenters. The van der Waals surface area contributed by atoms with Gasteiger partial charge in [0.2, 0.25) is 0 Å². The molecule has 2 unspecified atom stereocenters. The third-order valence-corrected chi connectivity index (χ3v) is 1.32. The molecule has 0 radical (unpaired) electrons. The Kier molecular flexibility index (Phi) is 2.38. The van der Waals surface area contributed by atoms with Gasteiger partial charge in [0.15, 0.2) is 11.1 Å². The molecule has 0 aromatic heterocycles. The minimum absolute atomic E-state index is 0.315. The maximum absolute atomic E-state index is 5.48. The molecule has 1 fully saturated rings. The quantitative estimate of drug-likeness (QED) is 0.491. The molecule has 0 aromatic carbocycles. The van der Waals surface area contributed by atoms with E-state index in [0.717, 1.165) is 0 Å². The van der Waals surface area contributed by atoms with Crippen molar-refractivity contribution in [2.45, 2.75) is 11.1 Å². The Morgan fingerprint density at radius 3 is 1.62 bits per heavy atom. The number of rotatable bonds is 0. The van der Waals surface area contributed by atoms with Gasteiger partial charge < -0.3 is 9.47 Å². The summed E-state index contributed by atoms with van der Waals surface area (Å²) in [5.41, 5.74) is -0.630. The Morgan fingerprint density at radius 1 is 1.00 bits per heavy atom. The van der Waals surface area contributed by atoms with Gasteiger partial charge in [-0.15, -0.1) is 0 Å². The highest BCUT2D eigenvalue weighted by Gasteiger charge is 2.17. The van der Waals surface area contributed by atoms with Crippen LogP contribution in [0.5, 0.6) is 0 Å². The largest absolute Gasteiger partial charge is 0.356 e. The van der Waals surface area contributed by atoms with Crippen molar-refractivity contribution in [3.63, 3.8) is 0 Å². The van der Waals surface area contributed by atoms with Crippen molar-refractivity contribution in [3.8, 4) is 0 Å². The standard InChI is InChI=1S/C4H6Cl2O2/c5-3-1-7-4(6)2-8-3/h3-4H,1-2H2.